The number of aliphatic hydroxyl groups excluding tert-OH is 1. The molecule has 8 N–H and O–H groups in total. The smallest absolute Gasteiger partial charge is 0.328 e. The van der Waals surface area contributed by atoms with Crippen molar-refractivity contribution in [3.63, 3.8) is 0 Å². The second-order valence-corrected chi connectivity index (χ2v) is 18.4. The standard InChI is InChI=1S/C20H34N2O8.C19H32N2O6.C16H20N2O4/c1-4-5-7-10-15(23)17(25)21-12-9-6-8-11-16(24)18(26)22-13(2)20(29)30-14(3)19(27)28;1-4-9-15(22)17(24)20-11-8-6-7-10-16(23)18(25)21-13-14(3)19(26)27-12-5-2;1-12(19)15(21)17-11-7-3-6-10-14(20)16(22)18-13-8-4-2-5-9-13/h13-14,19,27-28H,4-12H2,1-3H3,(H,21,25)(H,22,26);14H,4-13H2,1-3H3,(H,20,24)(H,21,25);2,4-5,8-9H,3,6-7,10-11H2,1H3,(H,17,21)(H,18,22). The number of esters is 2. The molecule has 0 radical (unpaired) electrons. The number of hydrogen-bond donors (Lipinski definition) is 8. The minimum Gasteiger partial charge on any atom is -0.465 e. The number of amides is 6. The molecule has 1 rings (SSSR count). The van der Waals surface area contributed by atoms with E-state index in [4.69, 9.17) is 19.7 Å². The summed E-state index contributed by atoms with van der Waals surface area (Å²) < 4.78 is 9.69. The number of ketones is 6. The summed E-state index contributed by atoms with van der Waals surface area (Å²) in [5, 5.41) is 32.5. The number of ether oxygens (including phenoxy) is 2. The van der Waals surface area contributed by atoms with Gasteiger partial charge in [0.15, 0.2) is 6.29 Å². The average Bonchev–Trinajstić information content (AvgIpc) is 3.42. The van der Waals surface area contributed by atoms with Crippen LogP contribution in [0.5, 0.6) is 0 Å². The zero-order chi connectivity index (χ0) is 60.1. The largest absolute Gasteiger partial charge is 0.465 e. The Hall–Kier alpha value is -7.08. The molecule has 1 aromatic rings. The number of hydrogen-bond acceptors (Lipinski definition) is 18. The Bertz CT molecular complexity index is 2120. The predicted octanol–water partition coefficient (Wildman–Crippen LogP) is 2.90. The number of carbonyl (C=O) groups is 14. The van der Waals surface area contributed by atoms with E-state index >= 15 is 0 Å². The molecule has 24 heteroatoms. The highest BCUT2D eigenvalue weighted by Crippen LogP contribution is 2.08. The van der Waals surface area contributed by atoms with Crippen LogP contribution in [-0.2, 0) is 76.6 Å². The van der Waals surface area contributed by atoms with Gasteiger partial charge in [-0.2, -0.15) is 0 Å². The predicted molar refractivity (Wildman–Crippen MR) is 289 cm³/mol. The number of unbranched alkanes of at least 4 members (excludes halogenated alkanes) is 8. The number of rotatable bonds is 40. The fourth-order valence-corrected chi connectivity index (χ4v) is 6.20. The van der Waals surface area contributed by atoms with Crippen molar-refractivity contribution in [3.05, 3.63) is 30.3 Å². The van der Waals surface area contributed by atoms with Gasteiger partial charge in [-0.15, -0.1) is 0 Å². The van der Waals surface area contributed by atoms with Crippen molar-refractivity contribution in [1.29, 1.82) is 0 Å². The van der Waals surface area contributed by atoms with Gasteiger partial charge < -0.3 is 51.6 Å². The van der Waals surface area contributed by atoms with Gasteiger partial charge in [0, 0.05) is 70.9 Å². The van der Waals surface area contributed by atoms with Crippen LogP contribution in [0.3, 0.4) is 0 Å². The fraction of sp³-hybridized carbons (Fsp3) is 0.636. The second-order valence-electron chi connectivity index (χ2n) is 18.4. The van der Waals surface area contributed by atoms with Gasteiger partial charge in [0.1, 0.15) is 12.1 Å². The van der Waals surface area contributed by atoms with E-state index < -0.39 is 106 Å². The Morgan fingerprint density at radius 3 is 1.34 bits per heavy atom. The van der Waals surface area contributed by atoms with Crippen LogP contribution in [-0.4, -0.2) is 144 Å². The van der Waals surface area contributed by atoms with Crippen molar-refractivity contribution >= 4 is 87.8 Å². The van der Waals surface area contributed by atoms with Crippen LogP contribution in [0.4, 0.5) is 5.69 Å². The summed E-state index contributed by atoms with van der Waals surface area (Å²) in [6.07, 6.45) is 6.93. The van der Waals surface area contributed by atoms with Gasteiger partial charge >= 0.3 is 11.9 Å². The van der Waals surface area contributed by atoms with Crippen LogP contribution in [0.15, 0.2) is 30.3 Å². The molecule has 3 unspecified atom stereocenters. The molecule has 0 spiro atoms. The van der Waals surface area contributed by atoms with Crippen LogP contribution in [0, 0.1) is 5.92 Å². The normalized spacial score (nSPS) is 11.5. The van der Waals surface area contributed by atoms with Gasteiger partial charge in [-0.25, -0.2) is 4.79 Å². The number of para-hydroxylation sites is 1. The molecular weight excluding hydrogens is 1030 g/mol. The molecule has 444 valence electrons. The first kappa shape index (κ1) is 74.0. The topological polar surface area (TPSA) is 370 Å². The summed E-state index contributed by atoms with van der Waals surface area (Å²) in [6, 6.07) is 7.67. The minimum absolute atomic E-state index is 0.0246. The molecule has 0 saturated carbocycles. The van der Waals surface area contributed by atoms with E-state index in [-0.39, 0.29) is 38.6 Å². The third-order valence-corrected chi connectivity index (χ3v) is 11.0. The van der Waals surface area contributed by atoms with E-state index in [2.05, 4.69) is 31.9 Å². The molecule has 0 bridgehead atoms. The molecule has 6 amide bonds. The monoisotopic (exact) mass is 1120 g/mol. The molecule has 0 aliphatic carbocycles. The summed E-state index contributed by atoms with van der Waals surface area (Å²) in [7, 11) is 0. The Balaban J connectivity index is 0. The molecule has 0 aromatic heterocycles. The van der Waals surface area contributed by atoms with E-state index in [1.54, 1.807) is 31.2 Å². The summed E-state index contributed by atoms with van der Waals surface area (Å²) in [5.74, 6) is -8.86. The van der Waals surface area contributed by atoms with Crippen LogP contribution in [0.1, 0.15) is 170 Å². The highest BCUT2D eigenvalue weighted by Gasteiger charge is 2.25. The number of aliphatic hydroxyl groups is 2. The molecule has 0 aliphatic heterocycles. The molecule has 3 atom stereocenters. The van der Waals surface area contributed by atoms with Crippen LogP contribution in [0.2, 0.25) is 0 Å². The molecule has 0 fully saturated rings. The Morgan fingerprint density at radius 1 is 0.468 bits per heavy atom. The van der Waals surface area contributed by atoms with Gasteiger partial charge in [-0.3, -0.25) is 62.3 Å². The molecule has 0 saturated heterocycles. The van der Waals surface area contributed by atoms with Gasteiger partial charge in [-0.05, 0) is 83.8 Å². The van der Waals surface area contributed by atoms with Crippen LogP contribution >= 0.6 is 0 Å². The zero-order valence-corrected chi connectivity index (χ0v) is 47.1. The van der Waals surface area contributed by atoms with Crippen molar-refractivity contribution in [3.8, 4) is 0 Å². The third kappa shape index (κ3) is 39.0. The maximum atomic E-state index is 11.8. The lowest BCUT2D eigenvalue weighted by atomic mass is 10.1. The second kappa shape index (κ2) is 45.9. The third-order valence-electron chi connectivity index (χ3n) is 11.0. The molecule has 1 aromatic carbocycles. The van der Waals surface area contributed by atoms with Gasteiger partial charge in [0.2, 0.25) is 34.7 Å². The van der Waals surface area contributed by atoms with E-state index in [1.165, 1.54) is 20.8 Å². The number of benzene rings is 1. The summed E-state index contributed by atoms with van der Waals surface area (Å²) in [4.78, 5) is 161. The van der Waals surface area contributed by atoms with Gasteiger partial charge in [0.05, 0.1) is 12.5 Å². The average molecular weight is 1120 g/mol. The first-order valence-electron chi connectivity index (χ1n) is 27.1. The van der Waals surface area contributed by atoms with E-state index in [9.17, 15) is 67.1 Å². The van der Waals surface area contributed by atoms with Crippen molar-refractivity contribution < 1.29 is 86.8 Å². The number of carbonyl (C=O) groups excluding carboxylic acids is 14. The van der Waals surface area contributed by atoms with Crippen LogP contribution < -0.4 is 31.9 Å². The molecule has 79 heavy (non-hydrogen) atoms. The lowest BCUT2D eigenvalue weighted by Crippen LogP contribution is -2.44. The Morgan fingerprint density at radius 2 is 0.899 bits per heavy atom. The Kier molecular flexibility index (Phi) is 43.0. The first-order valence-corrected chi connectivity index (χ1v) is 27.1. The zero-order valence-electron chi connectivity index (χ0n) is 47.1. The van der Waals surface area contributed by atoms with E-state index in [1.807, 2.05) is 26.8 Å². The maximum Gasteiger partial charge on any atom is 0.328 e. The van der Waals surface area contributed by atoms with E-state index in [0.29, 0.717) is 103 Å². The minimum atomic E-state index is -1.84. The molecule has 24 nitrogen and oxygen atoms in total. The van der Waals surface area contributed by atoms with Gasteiger partial charge in [-0.1, -0.05) is 78.0 Å². The number of Topliss-reactive ketones (excluding diaryl/α,β-unsaturated/α-hetero) is 6. The molecular formula is C55H86N6O18. The Labute approximate surface area is 463 Å². The SMILES string of the molecule is CC(=O)C(=O)NCCCCCC(=O)C(=O)Nc1ccccc1.CCCCCC(=O)C(=O)NCCCCCC(=O)C(=O)NC(C)C(=O)OC(C)C(O)O.CCCOC(=O)C(C)CNC(=O)C(=O)CCCCCNC(=O)C(=O)CCC. The summed E-state index contributed by atoms with van der Waals surface area (Å²) >= 11 is 0. The van der Waals surface area contributed by atoms with Crippen molar-refractivity contribution in [1.82, 2.24) is 26.6 Å². The lowest BCUT2D eigenvalue weighted by molar-refractivity contribution is -0.174. The quantitative estimate of drug-likeness (QED) is 0.0203. The highest BCUT2D eigenvalue weighted by atomic mass is 16.6. The molecule has 0 aliphatic rings. The fourth-order valence-electron chi connectivity index (χ4n) is 6.20. The van der Waals surface area contributed by atoms with Gasteiger partial charge in [0.25, 0.3) is 35.4 Å². The first-order chi connectivity index (χ1) is 37.4. The number of nitrogens with one attached hydrogen (secondary N) is 6. The van der Waals surface area contributed by atoms with Crippen molar-refractivity contribution in [2.45, 2.75) is 189 Å². The summed E-state index contributed by atoms with van der Waals surface area (Å²) in [6.45, 7) is 12.6. The number of anilines is 1. The summed E-state index contributed by atoms with van der Waals surface area (Å²) in [5.41, 5.74) is 0.591. The van der Waals surface area contributed by atoms with E-state index in [0.717, 1.165) is 19.3 Å². The highest BCUT2D eigenvalue weighted by molar-refractivity contribution is 6.40. The van der Waals surface area contributed by atoms with Crippen molar-refractivity contribution in [2.75, 3.05) is 38.1 Å². The van der Waals surface area contributed by atoms with Crippen molar-refractivity contribution in [2.24, 2.45) is 5.92 Å². The molecule has 0 heterocycles. The van der Waals surface area contributed by atoms with Crippen LogP contribution in [0.25, 0.3) is 0 Å². The maximum absolute atomic E-state index is 11.8. The lowest BCUT2D eigenvalue weighted by Gasteiger charge is -2.18.